The highest BCUT2D eigenvalue weighted by molar-refractivity contribution is 6.44. The lowest BCUT2D eigenvalue weighted by Crippen LogP contribution is -2.36. The van der Waals surface area contributed by atoms with Crippen molar-refractivity contribution in [3.05, 3.63) is 63.8 Å². The molecule has 0 unspecified atom stereocenters. The summed E-state index contributed by atoms with van der Waals surface area (Å²) in [4.78, 5) is 13.0. The first-order chi connectivity index (χ1) is 16.1. The third-order valence-electron chi connectivity index (χ3n) is 5.49. The molecule has 0 saturated carbocycles. The number of rotatable bonds is 5. The molecule has 0 aliphatic carbocycles. The van der Waals surface area contributed by atoms with E-state index in [1.807, 2.05) is 0 Å². The molecular weight excluding hydrogens is 496 g/mol. The van der Waals surface area contributed by atoms with Crippen molar-refractivity contribution < 1.29 is 27.4 Å². The molecule has 0 radical (unpaired) electrons. The molecule has 0 bridgehead atoms. The van der Waals surface area contributed by atoms with Gasteiger partial charge in [0, 0.05) is 6.42 Å². The number of benzene rings is 2. The number of carbonyl (C=O) groups is 1. The Bertz CT molecular complexity index is 1230. The molecule has 2 atom stereocenters. The number of amides is 1. The SMILES string of the molecule is COc1ccc([C@@H]2C[C@@H](C(F)(F)F)n3ncc(C(=O)Nc4cccc(Cl)c4Cl)c3N2)cc1OC. The second-order valence-electron chi connectivity index (χ2n) is 7.51. The lowest BCUT2D eigenvalue weighted by atomic mass is 9.96. The molecule has 4 rings (SSSR count). The lowest BCUT2D eigenvalue weighted by molar-refractivity contribution is -0.173. The van der Waals surface area contributed by atoms with E-state index in [1.165, 1.54) is 20.3 Å². The number of methoxy groups -OCH3 is 2. The van der Waals surface area contributed by atoms with E-state index >= 15 is 0 Å². The highest BCUT2D eigenvalue weighted by atomic mass is 35.5. The lowest BCUT2D eigenvalue weighted by Gasteiger charge is -2.34. The van der Waals surface area contributed by atoms with Gasteiger partial charge in [-0.25, -0.2) is 4.68 Å². The number of nitrogens with one attached hydrogen (secondary N) is 2. The fourth-order valence-corrected chi connectivity index (χ4v) is 4.15. The monoisotopic (exact) mass is 514 g/mol. The van der Waals surface area contributed by atoms with Gasteiger partial charge in [0.1, 0.15) is 11.4 Å². The van der Waals surface area contributed by atoms with Crippen molar-refractivity contribution in [3.63, 3.8) is 0 Å². The molecule has 3 aromatic rings. The molecule has 0 fully saturated rings. The maximum absolute atomic E-state index is 14.0. The first-order valence-corrected chi connectivity index (χ1v) is 10.8. The van der Waals surface area contributed by atoms with Crippen LogP contribution in [-0.4, -0.2) is 36.1 Å². The Kier molecular flexibility index (Phi) is 6.55. The quantitative estimate of drug-likeness (QED) is 0.428. The van der Waals surface area contributed by atoms with E-state index in [9.17, 15) is 18.0 Å². The van der Waals surface area contributed by atoms with Gasteiger partial charge in [0.2, 0.25) is 0 Å². The maximum atomic E-state index is 14.0. The fraction of sp³-hybridized carbons (Fsp3) is 0.273. The van der Waals surface area contributed by atoms with Crippen LogP contribution in [0.1, 0.15) is 34.4 Å². The molecule has 7 nitrogen and oxygen atoms in total. The second-order valence-corrected chi connectivity index (χ2v) is 8.30. The van der Waals surface area contributed by atoms with Gasteiger partial charge in [0.05, 0.1) is 42.2 Å². The van der Waals surface area contributed by atoms with Crippen LogP contribution in [0.3, 0.4) is 0 Å². The molecular formula is C22H19Cl2F3N4O3. The number of fused-ring (bicyclic) bond motifs is 1. The third-order valence-corrected chi connectivity index (χ3v) is 6.31. The number of ether oxygens (including phenoxy) is 2. The zero-order valence-electron chi connectivity index (χ0n) is 17.9. The predicted octanol–water partition coefficient (Wildman–Crippen LogP) is 6.12. The summed E-state index contributed by atoms with van der Waals surface area (Å²) in [5.41, 5.74) is 0.679. The van der Waals surface area contributed by atoms with Gasteiger partial charge in [0.15, 0.2) is 17.5 Å². The molecule has 0 saturated heterocycles. The van der Waals surface area contributed by atoms with Crippen LogP contribution >= 0.6 is 23.2 Å². The van der Waals surface area contributed by atoms with Crippen LogP contribution in [0.4, 0.5) is 24.7 Å². The van der Waals surface area contributed by atoms with E-state index in [2.05, 4.69) is 15.7 Å². The van der Waals surface area contributed by atoms with Crippen molar-refractivity contribution in [2.45, 2.75) is 24.7 Å². The number of halogens is 5. The Hall–Kier alpha value is -3.11. The van der Waals surface area contributed by atoms with Gasteiger partial charge in [-0.15, -0.1) is 0 Å². The van der Waals surface area contributed by atoms with Crippen molar-refractivity contribution in [1.29, 1.82) is 0 Å². The average molecular weight is 515 g/mol. The minimum atomic E-state index is -4.60. The van der Waals surface area contributed by atoms with Gasteiger partial charge in [-0.1, -0.05) is 35.3 Å². The van der Waals surface area contributed by atoms with E-state index in [1.54, 1.807) is 30.3 Å². The first-order valence-electron chi connectivity index (χ1n) is 10.0. The third kappa shape index (κ3) is 4.47. The van der Waals surface area contributed by atoms with Crippen molar-refractivity contribution in [3.8, 4) is 11.5 Å². The van der Waals surface area contributed by atoms with Crippen LogP contribution in [0.15, 0.2) is 42.6 Å². The average Bonchev–Trinajstić information content (AvgIpc) is 3.24. The zero-order chi connectivity index (χ0) is 24.6. The highest BCUT2D eigenvalue weighted by Crippen LogP contribution is 2.45. The van der Waals surface area contributed by atoms with Crippen molar-refractivity contribution in [2.24, 2.45) is 0 Å². The molecule has 34 heavy (non-hydrogen) atoms. The largest absolute Gasteiger partial charge is 0.493 e. The predicted molar refractivity (Wildman–Crippen MR) is 122 cm³/mol. The second kappa shape index (κ2) is 9.27. The van der Waals surface area contributed by atoms with Crippen molar-refractivity contribution in [2.75, 3.05) is 24.9 Å². The van der Waals surface area contributed by atoms with Crippen LogP contribution in [0.5, 0.6) is 11.5 Å². The summed E-state index contributed by atoms with van der Waals surface area (Å²) in [6.07, 6.45) is -3.84. The van der Waals surface area contributed by atoms with E-state index < -0.39 is 24.2 Å². The molecule has 1 aromatic heterocycles. The van der Waals surface area contributed by atoms with Crippen molar-refractivity contribution >= 4 is 40.6 Å². The number of hydrogen-bond acceptors (Lipinski definition) is 5. The Balaban J connectivity index is 1.71. The molecule has 1 aliphatic heterocycles. The zero-order valence-corrected chi connectivity index (χ0v) is 19.4. The molecule has 2 aromatic carbocycles. The summed E-state index contributed by atoms with van der Waals surface area (Å²) < 4.78 is 53.2. The Morgan fingerprint density at radius 2 is 1.91 bits per heavy atom. The summed E-state index contributed by atoms with van der Waals surface area (Å²) in [6, 6.07) is 6.78. The maximum Gasteiger partial charge on any atom is 0.410 e. The van der Waals surface area contributed by atoms with Gasteiger partial charge in [-0.3, -0.25) is 4.79 Å². The van der Waals surface area contributed by atoms with E-state index in [-0.39, 0.29) is 33.5 Å². The minimum Gasteiger partial charge on any atom is -0.493 e. The van der Waals surface area contributed by atoms with Gasteiger partial charge in [-0.05, 0) is 29.8 Å². The Morgan fingerprint density at radius 1 is 1.18 bits per heavy atom. The fourth-order valence-electron chi connectivity index (χ4n) is 3.81. The number of aromatic nitrogens is 2. The van der Waals surface area contributed by atoms with E-state index in [0.717, 1.165) is 10.9 Å². The smallest absolute Gasteiger partial charge is 0.410 e. The summed E-state index contributed by atoms with van der Waals surface area (Å²) in [5.74, 6) is 0.0618. The summed E-state index contributed by atoms with van der Waals surface area (Å²) in [7, 11) is 2.90. The van der Waals surface area contributed by atoms with E-state index in [4.69, 9.17) is 32.7 Å². The van der Waals surface area contributed by atoms with Crippen molar-refractivity contribution in [1.82, 2.24) is 9.78 Å². The van der Waals surface area contributed by atoms with Gasteiger partial charge >= 0.3 is 6.18 Å². The highest BCUT2D eigenvalue weighted by Gasteiger charge is 2.47. The molecule has 1 amide bonds. The molecule has 1 aliphatic rings. The molecule has 0 spiro atoms. The molecule has 2 N–H and O–H groups in total. The number of alkyl halides is 3. The van der Waals surface area contributed by atoms with Crippen LogP contribution in [-0.2, 0) is 0 Å². The van der Waals surface area contributed by atoms with E-state index in [0.29, 0.717) is 17.1 Å². The molecule has 2 heterocycles. The molecule has 180 valence electrons. The minimum absolute atomic E-state index is 0.0657. The van der Waals surface area contributed by atoms with Crippen LogP contribution < -0.4 is 20.1 Å². The number of carbonyl (C=O) groups excluding carboxylic acids is 1. The number of anilines is 2. The normalized spacial score (nSPS) is 17.5. The number of hydrogen-bond donors (Lipinski definition) is 2. The van der Waals surface area contributed by atoms with Gasteiger partial charge in [0.25, 0.3) is 5.91 Å². The summed E-state index contributed by atoms with van der Waals surface area (Å²) in [6.45, 7) is 0. The van der Waals surface area contributed by atoms with Crippen LogP contribution in [0.25, 0.3) is 0 Å². The number of nitrogens with zero attached hydrogens (tertiary/aromatic N) is 2. The topological polar surface area (TPSA) is 77.4 Å². The Labute approximate surface area is 202 Å². The summed E-state index contributed by atoms with van der Waals surface area (Å²) >= 11 is 12.1. The van der Waals surface area contributed by atoms with Crippen LogP contribution in [0.2, 0.25) is 10.0 Å². The van der Waals surface area contributed by atoms with Gasteiger partial charge in [-0.2, -0.15) is 18.3 Å². The Morgan fingerprint density at radius 3 is 2.59 bits per heavy atom. The van der Waals surface area contributed by atoms with Gasteiger partial charge < -0.3 is 20.1 Å². The standard InChI is InChI=1S/C22H19Cl2F3N4O3/c1-33-16-7-6-11(8-17(16)34-2)15-9-18(22(25,26)27)31-20(29-15)12(10-28-31)21(32)30-14-5-3-4-13(23)19(14)24/h3-8,10,15,18,29H,9H2,1-2H3,(H,30,32)/t15-,18-/m0/s1. The first kappa shape index (κ1) is 24.0. The molecule has 12 heteroatoms. The summed E-state index contributed by atoms with van der Waals surface area (Å²) in [5, 5.41) is 9.81. The van der Waals surface area contributed by atoms with Crippen LogP contribution in [0, 0.1) is 0 Å².